The van der Waals surface area contributed by atoms with Crippen LogP contribution >= 0.6 is 0 Å². The van der Waals surface area contributed by atoms with Crippen LogP contribution in [-0.2, 0) is 6.42 Å². The van der Waals surface area contributed by atoms with Gasteiger partial charge in [0.05, 0.1) is 6.61 Å². The number of benzene rings is 1. The summed E-state index contributed by atoms with van der Waals surface area (Å²) in [6.45, 7) is 5.18. The molecule has 0 atom stereocenters. The van der Waals surface area contributed by atoms with Gasteiger partial charge in [-0.1, -0.05) is 6.07 Å². The fraction of sp³-hybridized carbons (Fsp3) is 0.400. The van der Waals surface area contributed by atoms with Gasteiger partial charge in [0.1, 0.15) is 5.75 Å². The van der Waals surface area contributed by atoms with Gasteiger partial charge in [-0.3, -0.25) is 0 Å². The molecule has 0 amide bonds. The van der Waals surface area contributed by atoms with Gasteiger partial charge < -0.3 is 4.74 Å². The monoisotopic (exact) mass is 148 g/mol. The van der Waals surface area contributed by atoms with Crippen LogP contribution in [0.15, 0.2) is 12.1 Å². The minimum absolute atomic E-state index is 0.861. The Kier molecular flexibility index (Phi) is 1.38. The van der Waals surface area contributed by atoms with Crippen LogP contribution in [0.1, 0.15) is 16.7 Å². The molecule has 1 aliphatic rings. The molecule has 0 saturated heterocycles. The van der Waals surface area contributed by atoms with Crippen molar-refractivity contribution in [3.05, 3.63) is 28.8 Å². The van der Waals surface area contributed by atoms with E-state index in [-0.39, 0.29) is 0 Å². The van der Waals surface area contributed by atoms with Crippen LogP contribution < -0.4 is 4.74 Å². The fourth-order valence-corrected chi connectivity index (χ4v) is 1.56. The van der Waals surface area contributed by atoms with Crippen LogP contribution in [0.3, 0.4) is 0 Å². The van der Waals surface area contributed by atoms with Crippen molar-refractivity contribution >= 4 is 0 Å². The highest BCUT2D eigenvalue weighted by Gasteiger charge is 2.14. The summed E-state index contributed by atoms with van der Waals surface area (Å²) >= 11 is 0. The number of hydrogen-bond donors (Lipinski definition) is 0. The van der Waals surface area contributed by atoms with Gasteiger partial charge in [-0.15, -0.1) is 0 Å². The molecule has 1 nitrogen and oxygen atoms in total. The zero-order chi connectivity index (χ0) is 7.84. The predicted octanol–water partition coefficient (Wildman–Crippen LogP) is 2.24. The maximum Gasteiger partial charge on any atom is 0.122 e. The standard InChI is InChI=1S/C10H12O/c1-7-3-4-10-9(8(7)2)5-6-11-10/h3-4H,5-6H2,1-2H3. The molecule has 58 valence electrons. The van der Waals surface area contributed by atoms with E-state index in [0.717, 1.165) is 18.8 Å². The summed E-state index contributed by atoms with van der Waals surface area (Å²) in [5, 5.41) is 0. The molecule has 0 aliphatic carbocycles. The quantitative estimate of drug-likeness (QED) is 0.548. The zero-order valence-electron chi connectivity index (χ0n) is 6.98. The first-order valence-electron chi connectivity index (χ1n) is 4.01. The van der Waals surface area contributed by atoms with E-state index in [1.54, 1.807) is 0 Å². The van der Waals surface area contributed by atoms with Gasteiger partial charge >= 0.3 is 0 Å². The van der Waals surface area contributed by atoms with Gasteiger partial charge in [-0.2, -0.15) is 0 Å². The number of fused-ring (bicyclic) bond motifs is 1. The minimum Gasteiger partial charge on any atom is -0.493 e. The maximum absolute atomic E-state index is 5.43. The molecule has 2 rings (SSSR count). The number of rotatable bonds is 0. The Bertz CT molecular complexity index is 289. The molecule has 1 aromatic rings. The van der Waals surface area contributed by atoms with Crippen molar-refractivity contribution in [2.45, 2.75) is 20.3 Å². The largest absolute Gasteiger partial charge is 0.493 e. The highest BCUT2D eigenvalue weighted by atomic mass is 16.5. The van der Waals surface area contributed by atoms with Crippen molar-refractivity contribution in [3.63, 3.8) is 0 Å². The molecule has 0 unspecified atom stereocenters. The molecule has 0 radical (unpaired) electrons. The summed E-state index contributed by atoms with van der Waals surface area (Å²) in [5.41, 5.74) is 4.18. The van der Waals surface area contributed by atoms with Gasteiger partial charge in [0.25, 0.3) is 0 Å². The zero-order valence-corrected chi connectivity index (χ0v) is 6.98. The first-order valence-corrected chi connectivity index (χ1v) is 4.01. The Morgan fingerprint density at radius 3 is 2.91 bits per heavy atom. The van der Waals surface area contributed by atoms with Crippen molar-refractivity contribution < 1.29 is 4.74 Å². The first kappa shape index (κ1) is 6.71. The summed E-state index contributed by atoms with van der Waals surface area (Å²) in [6, 6.07) is 4.20. The number of aryl methyl sites for hydroxylation is 1. The van der Waals surface area contributed by atoms with Gasteiger partial charge in [0, 0.05) is 12.0 Å². The summed E-state index contributed by atoms with van der Waals surface area (Å²) in [7, 11) is 0. The second kappa shape index (κ2) is 2.26. The molecule has 0 N–H and O–H groups in total. The van der Waals surface area contributed by atoms with Crippen molar-refractivity contribution in [2.75, 3.05) is 6.61 Å². The summed E-state index contributed by atoms with van der Waals surface area (Å²) in [6.07, 6.45) is 1.09. The molecule has 0 aromatic heterocycles. The van der Waals surface area contributed by atoms with Crippen LogP contribution in [-0.4, -0.2) is 6.61 Å². The second-order valence-electron chi connectivity index (χ2n) is 3.08. The Labute approximate surface area is 67.0 Å². The second-order valence-corrected chi connectivity index (χ2v) is 3.08. The van der Waals surface area contributed by atoms with Crippen molar-refractivity contribution in [3.8, 4) is 5.75 Å². The van der Waals surface area contributed by atoms with E-state index in [1.807, 2.05) is 0 Å². The molecule has 0 fully saturated rings. The maximum atomic E-state index is 5.43. The van der Waals surface area contributed by atoms with Gasteiger partial charge in [0.15, 0.2) is 0 Å². The third-order valence-electron chi connectivity index (χ3n) is 2.44. The lowest BCUT2D eigenvalue weighted by Gasteiger charge is -2.04. The molecule has 11 heavy (non-hydrogen) atoms. The molecule has 1 heterocycles. The minimum atomic E-state index is 0.861. The Morgan fingerprint density at radius 1 is 1.27 bits per heavy atom. The molecule has 1 heteroatoms. The van der Waals surface area contributed by atoms with Gasteiger partial charge in [-0.05, 0) is 31.0 Å². The highest BCUT2D eigenvalue weighted by molar-refractivity contribution is 5.45. The molecule has 0 spiro atoms. The Morgan fingerprint density at radius 2 is 2.09 bits per heavy atom. The first-order chi connectivity index (χ1) is 5.29. The topological polar surface area (TPSA) is 9.23 Å². The smallest absolute Gasteiger partial charge is 0.122 e. The van der Waals surface area contributed by atoms with Crippen LogP contribution in [0.25, 0.3) is 0 Å². The van der Waals surface area contributed by atoms with E-state index in [9.17, 15) is 0 Å². The molecule has 1 aliphatic heterocycles. The molecular weight excluding hydrogens is 136 g/mol. The van der Waals surface area contributed by atoms with Crippen molar-refractivity contribution in [1.29, 1.82) is 0 Å². The highest BCUT2D eigenvalue weighted by Crippen LogP contribution is 2.29. The summed E-state index contributed by atoms with van der Waals surface area (Å²) < 4.78 is 5.43. The Balaban J connectivity index is 2.62. The SMILES string of the molecule is Cc1ccc2c(c1C)CCO2. The fourth-order valence-electron chi connectivity index (χ4n) is 1.56. The Hall–Kier alpha value is -0.980. The van der Waals surface area contributed by atoms with E-state index in [1.165, 1.54) is 16.7 Å². The third kappa shape index (κ3) is 0.917. The van der Waals surface area contributed by atoms with Crippen LogP contribution in [0.5, 0.6) is 5.75 Å². The molecular formula is C10H12O. The van der Waals surface area contributed by atoms with E-state index in [2.05, 4.69) is 26.0 Å². The summed E-state index contributed by atoms with van der Waals surface area (Å²) in [4.78, 5) is 0. The third-order valence-corrected chi connectivity index (χ3v) is 2.44. The number of hydrogen-bond acceptors (Lipinski definition) is 1. The average molecular weight is 148 g/mol. The van der Waals surface area contributed by atoms with Crippen LogP contribution in [0, 0.1) is 13.8 Å². The normalized spacial score (nSPS) is 14.4. The van der Waals surface area contributed by atoms with Gasteiger partial charge in [-0.25, -0.2) is 0 Å². The molecule has 0 bridgehead atoms. The van der Waals surface area contributed by atoms with Crippen molar-refractivity contribution in [1.82, 2.24) is 0 Å². The lowest BCUT2D eigenvalue weighted by Crippen LogP contribution is -1.87. The van der Waals surface area contributed by atoms with Crippen LogP contribution in [0.4, 0.5) is 0 Å². The van der Waals surface area contributed by atoms with E-state index < -0.39 is 0 Å². The van der Waals surface area contributed by atoms with Gasteiger partial charge in [0.2, 0.25) is 0 Å². The lowest BCUT2D eigenvalue weighted by atomic mass is 10.0. The lowest BCUT2D eigenvalue weighted by molar-refractivity contribution is 0.357. The van der Waals surface area contributed by atoms with Crippen LogP contribution in [0.2, 0.25) is 0 Å². The predicted molar refractivity (Wildman–Crippen MR) is 45.1 cm³/mol. The average Bonchev–Trinajstić information content (AvgIpc) is 2.45. The van der Waals surface area contributed by atoms with E-state index >= 15 is 0 Å². The van der Waals surface area contributed by atoms with E-state index in [0.29, 0.717) is 0 Å². The number of ether oxygens (including phenoxy) is 1. The molecule has 0 saturated carbocycles. The summed E-state index contributed by atoms with van der Waals surface area (Å²) in [5.74, 6) is 1.09. The molecule has 1 aromatic carbocycles. The van der Waals surface area contributed by atoms with E-state index in [4.69, 9.17) is 4.74 Å². The van der Waals surface area contributed by atoms with Crippen molar-refractivity contribution in [2.24, 2.45) is 0 Å².